The maximum atomic E-state index is 5.20. The van der Waals surface area contributed by atoms with Gasteiger partial charge in [0.25, 0.3) is 0 Å². The molecule has 0 N–H and O–H groups in total. The van der Waals surface area contributed by atoms with Crippen molar-refractivity contribution in [3.8, 4) is 11.3 Å². The number of hydrogen-bond acceptors (Lipinski definition) is 2. The molecule has 0 amide bonds. The van der Waals surface area contributed by atoms with E-state index in [4.69, 9.17) is 4.42 Å². The highest BCUT2D eigenvalue weighted by atomic mass is 79.9. The van der Waals surface area contributed by atoms with Crippen LogP contribution in [0.1, 0.15) is 0 Å². The van der Waals surface area contributed by atoms with E-state index < -0.39 is 0 Å². The van der Waals surface area contributed by atoms with E-state index in [1.807, 2.05) is 24.3 Å². The molecule has 3 heteroatoms. The molecule has 0 fully saturated rings. The summed E-state index contributed by atoms with van der Waals surface area (Å²) in [5.41, 5.74) is 0.989. The van der Waals surface area contributed by atoms with E-state index in [1.54, 1.807) is 12.5 Å². The highest BCUT2D eigenvalue weighted by Gasteiger charge is 1.99. The largest absolute Gasteiger partial charge is 0.464 e. The minimum Gasteiger partial charge on any atom is -0.464 e. The molecule has 60 valence electrons. The molecule has 2 aromatic heterocycles. The summed E-state index contributed by atoms with van der Waals surface area (Å²) in [5, 5.41) is 0. The number of halogens is 1. The summed E-state index contributed by atoms with van der Waals surface area (Å²) in [6, 6.07) is 7.61. The van der Waals surface area contributed by atoms with Crippen LogP contribution in [0, 0.1) is 0 Å². The van der Waals surface area contributed by atoms with Gasteiger partial charge in [-0.2, -0.15) is 0 Å². The summed E-state index contributed by atoms with van der Waals surface area (Å²) >= 11 is 3.27. The quantitative estimate of drug-likeness (QED) is 0.695. The lowest BCUT2D eigenvalue weighted by molar-refractivity contribution is 0.582. The molecule has 0 aromatic carbocycles. The third kappa shape index (κ3) is 1.41. The lowest BCUT2D eigenvalue weighted by Crippen LogP contribution is -1.76. The Bertz CT molecular complexity index is 353. The minimum absolute atomic E-state index is 0.831. The highest BCUT2D eigenvalue weighted by molar-refractivity contribution is 9.10. The average molecular weight is 224 g/mol. The molecule has 0 aliphatic carbocycles. The van der Waals surface area contributed by atoms with E-state index in [1.165, 1.54) is 0 Å². The molecule has 0 spiro atoms. The fourth-order valence-electron chi connectivity index (χ4n) is 0.964. The Kier molecular flexibility index (Phi) is 1.96. The Morgan fingerprint density at radius 3 is 2.75 bits per heavy atom. The van der Waals surface area contributed by atoms with E-state index in [9.17, 15) is 0 Å². The molecule has 0 aliphatic heterocycles. The predicted molar refractivity (Wildman–Crippen MR) is 49.6 cm³/mol. The standard InChI is InChI=1S/C9H6BrNO/c10-9-4-3-7(6-11-9)8-2-1-5-12-8/h1-6H. The molecule has 0 saturated carbocycles. The van der Waals surface area contributed by atoms with Crippen LogP contribution in [-0.2, 0) is 0 Å². The molecule has 0 saturated heterocycles. The SMILES string of the molecule is Brc1ccc(-c2ccco2)cn1. The van der Waals surface area contributed by atoms with Gasteiger partial charge in [0.15, 0.2) is 0 Å². The van der Waals surface area contributed by atoms with Crippen molar-refractivity contribution in [2.45, 2.75) is 0 Å². The highest BCUT2D eigenvalue weighted by Crippen LogP contribution is 2.19. The van der Waals surface area contributed by atoms with E-state index in [2.05, 4.69) is 20.9 Å². The van der Waals surface area contributed by atoms with Gasteiger partial charge in [0.05, 0.1) is 6.26 Å². The van der Waals surface area contributed by atoms with Gasteiger partial charge in [-0.25, -0.2) is 4.98 Å². The predicted octanol–water partition coefficient (Wildman–Crippen LogP) is 3.10. The zero-order valence-corrected chi connectivity index (χ0v) is 7.78. The molecule has 0 unspecified atom stereocenters. The fraction of sp³-hybridized carbons (Fsp3) is 0. The van der Waals surface area contributed by atoms with Crippen molar-refractivity contribution in [2.24, 2.45) is 0 Å². The van der Waals surface area contributed by atoms with Gasteiger partial charge in [0.1, 0.15) is 10.4 Å². The van der Waals surface area contributed by atoms with Crippen molar-refractivity contribution < 1.29 is 4.42 Å². The van der Waals surface area contributed by atoms with Crippen LogP contribution in [-0.4, -0.2) is 4.98 Å². The molecule has 2 nitrogen and oxygen atoms in total. The summed E-state index contributed by atoms with van der Waals surface area (Å²) in [4.78, 5) is 4.09. The first kappa shape index (κ1) is 7.55. The van der Waals surface area contributed by atoms with Gasteiger partial charge in [0.2, 0.25) is 0 Å². The third-order valence-corrected chi connectivity index (χ3v) is 2.00. The van der Waals surface area contributed by atoms with Gasteiger partial charge >= 0.3 is 0 Å². The molecule has 0 atom stereocenters. The number of rotatable bonds is 1. The molecule has 12 heavy (non-hydrogen) atoms. The summed E-state index contributed by atoms with van der Waals surface area (Å²) in [5.74, 6) is 0.843. The Morgan fingerprint density at radius 2 is 2.17 bits per heavy atom. The molecular formula is C9H6BrNO. The number of nitrogens with zero attached hydrogens (tertiary/aromatic N) is 1. The zero-order chi connectivity index (χ0) is 8.39. The fourth-order valence-corrected chi connectivity index (χ4v) is 1.20. The van der Waals surface area contributed by atoms with Crippen molar-refractivity contribution in [3.63, 3.8) is 0 Å². The monoisotopic (exact) mass is 223 g/mol. The van der Waals surface area contributed by atoms with Crippen LogP contribution >= 0.6 is 15.9 Å². The van der Waals surface area contributed by atoms with Crippen molar-refractivity contribution in [1.82, 2.24) is 4.98 Å². The van der Waals surface area contributed by atoms with Crippen molar-refractivity contribution >= 4 is 15.9 Å². The van der Waals surface area contributed by atoms with Crippen molar-refractivity contribution in [3.05, 3.63) is 41.3 Å². The van der Waals surface area contributed by atoms with Crippen molar-refractivity contribution in [1.29, 1.82) is 0 Å². The number of hydrogen-bond donors (Lipinski definition) is 0. The van der Waals surface area contributed by atoms with Gasteiger partial charge < -0.3 is 4.42 Å². The summed E-state index contributed by atoms with van der Waals surface area (Å²) in [6.45, 7) is 0. The first-order valence-electron chi connectivity index (χ1n) is 3.52. The maximum absolute atomic E-state index is 5.20. The molecule has 0 bridgehead atoms. The van der Waals surface area contributed by atoms with E-state index in [0.717, 1.165) is 15.9 Å². The Morgan fingerprint density at radius 1 is 1.25 bits per heavy atom. The van der Waals surface area contributed by atoms with E-state index in [-0.39, 0.29) is 0 Å². The molecule has 2 aromatic rings. The molecule has 0 aliphatic rings. The van der Waals surface area contributed by atoms with Gasteiger partial charge in [0, 0.05) is 11.8 Å². The lowest BCUT2D eigenvalue weighted by Gasteiger charge is -1.94. The van der Waals surface area contributed by atoms with Crippen LogP contribution < -0.4 is 0 Å². The smallest absolute Gasteiger partial charge is 0.135 e. The minimum atomic E-state index is 0.831. The Labute approximate surface area is 78.4 Å². The first-order valence-corrected chi connectivity index (χ1v) is 4.31. The van der Waals surface area contributed by atoms with Gasteiger partial charge in [-0.3, -0.25) is 0 Å². The number of pyridine rings is 1. The number of aromatic nitrogens is 1. The van der Waals surface area contributed by atoms with Gasteiger partial charge in [-0.05, 0) is 40.2 Å². The first-order chi connectivity index (χ1) is 5.86. The maximum Gasteiger partial charge on any atom is 0.135 e. The second-order valence-electron chi connectivity index (χ2n) is 2.35. The normalized spacial score (nSPS) is 10.1. The summed E-state index contributed by atoms with van der Waals surface area (Å²) < 4.78 is 6.04. The van der Waals surface area contributed by atoms with Gasteiger partial charge in [-0.1, -0.05) is 0 Å². The van der Waals surface area contributed by atoms with Crippen LogP contribution in [0.2, 0.25) is 0 Å². The number of furan rings is 1. The van der Waals surface area contributed by atoms with Gasteiger partial charge in [-0.15, -0.1) is 0 Å². The molecule has 2 rings (SSSR count). The lowest BCUT2D eigenvalue weighted by atomic mass is 10.2. The summed E-state index contributed by atoms with van der Waals surface area (Å²) in [7, 11) is 0. The zero-order valence-electron chi connectivity index (χ0n) is 6.20. The second-order valence-corrected chi connectivity index (χ2v) is 3.16. The topological polar surface area (TPSA) is 26.0 Å². The van der Waals surface area contributed by atoms with E-state index >= 15 is 0 Å². The molecular weight excluding hydrogens is 218 g/mol. The second kappa shape index (κ2) is 3.11. The van der Waals surface area contributed by atoms with Crippen LogP contribution in [0.4, 0.5) is 0 Å². The molecule has 2 heterocycles. The Hall–Kier alpha value is -1.09. The van der Waals surface area contributed by atoms with Crippen LogP contribution in [0.25, 0.3) is 11.3 Å². The van der Waals surface area contributed by atoms with Crippen molar-refractivity contribution in [2.75, 3.05) is 0 Å². The third-order valence-electron chi connectivity index (χ3n) is 1.53. The van der Waals surface area contributed by atoms with Crippen LogP contribution in [0.3, 0.4) is 0 Å². The van der Waals surface area contributed by atoms with Crippen LogP contribution in [0.5, 0.6) is 0 Å². The Balaban J connectivity index is 2.43. The molecule has 0 radical (unpaired) electrons. The summed E-state index contributed by atoms with van der Waals surface area (Å²) in [6.07, 6.45) is 3.42. The average Bonchev–Trinajstić information content (AvgIpc) is 2.58. The van der Waals surface area contributed by atoms with E-state index in [0.29, 0.717) is 0 Å². The van der Waals surface area contributed by atoms with Crippen LogP contribution in [0.15, 0.2) is 45.7 Å².